The van der Waals surface area contributed by atoms with Crippen molar-refractivity contribution in [1.29, 1.82) is 0 Å². The Labute approximate surface area is 146 Å². The van der Waals surface area contributed by atoms with Gasteiger partial charge in [0.2, 0.25) is 0 Å². The van der Waals surface area contributed by atoms with Crippen LogP contribution in [0.5, 0.6) is 0 Å². The van der Waals surface area contributed by atoms with E-state index >= 15 is 0 Å². The first-order valence-corrected chi connectivity index (χ1v) is 8.87. The van der Waals surface area contributed by atoms with Crippen molar-refractivity contribution in [3.8, 4) is 0 Å². The van der Waals surface area contributed by atoms with E-state index in [4.69, 9.17) is 0 Å². The van der Waals surface area contributed by atoms with Gasteiger partial charge in [0, 0.05) is 18.0 Å². The normalized spacial score (nSPS) is 26.6. The number of tetrazole rings is 1. The number of benzene rings is 1. The van der Waals surface area contributed by atoms with Crippen molar-refractivity contribution in [2.24, 2.45) is 11.8 Å². The van der Waals surface area contributed by atoms with Crippen molar-refractivity contribution in [2.75, 3.05) is 13.1 Å². The van der Waals surface area contributed by atoms with Gasteiger partial charge in [-0.05, 0) is 46.9 Å². The molecule has 7 heteroatoms. The summed E-state index contributed by atoms with van der Waals surface area (Å²) < 4.78 is 1.64. The Balaban J connectivity index is 1.44. The lowest BCUT2D eigenvalue weighted by molar-refractivity contribution is -0.0660. The molecule has 2 heterocycles. The lowest BCUT2D eigenvalue weighted by Gasteiger charge is -2.41. The van der Waals surface area contributed by atoms with E-state index in [0.29, 0.717) is 31.1 Å². The Kier molecular flexibility index (Phi) is 4.03. The average molecular weight is 341 g/mol. The molecule has 1 aromatic heterocycles. The zero-order chi connectivity index (χ0) is 17.4. The summed E-state index contributed by atoms with van der Waals surface area (Å²) in [6.45, 7) is 3.70. The molecule has 7 nitrogen and oxygen atoms in total. The Hall–Kier alpha value is -2.28. The zero-order valence-corrected chi connectivity index (χ0v) is 14.4. The number of hydrogen-bond donors (Lipinski definition) is 1. The van der Waals surface area contributed by atoms with Gasteiger partial charge in [-0.25, -0.2) is 4.68 Å². The number of rotatable bonds is 4. The number of aromatic nitrogens is 4. The molecule has 1 saturated heterocycles. The standard InChI is InChI=1S/C18H23N5O2/c1-13-9-22(11-18(13,25)16-3-2-4-16)17(24)15-7-5-14(6-8-15)10-23-12-19-20-21-23/h5-8,12-13,16,25H,2-4,9-11H2,1H3. The highest BCUT2D eigenvalue weighted by atomic mass is 16.3. The number of carbonyl (C=O) groups excluding carboxylic acids is 1. The zero-order valence-electron chi connectivity index (χ0n) is 14.4. The van der Waals surface area contributed by atoms with Gasteiger partial charge in [-0.2, -0.15) is 0 Å². The minimum atomic E-state index is -0.714. The molecule has 132 valence electrons. The summed E-state index contributed by atoms with van der Waals surface area (Å²) in [5.74, 6) is 0.468. The highest BCUT2D eigenvalue weighted by molar-refractivity contribution is 5.94. The molecule has 1 saturated carbocycles. The summed E-state index contributed by atoms with van der Waals surface area (Å²) in [6, 6.07) is 7.53. The third-order valence-corrected chi connectivity index (χ3v) is 5.83. The van der Waals surface area contributed by atoms with E-state index in [1.54, 1.807) is 15.9 Å². The van der Waals surface area contributed by atoms with Crippen LogP contribution in [0, 0.1) is 11.8 Å². The Morgan fingerprint density at radius 3 is 2.68 bits per heavy atom. The fraction of sp³-hybridized carbons (Fsp3) is 0.556. The molecule has 2 fully saturated rings. The van der Waals surface area contributed by atoms with Crippen molar-refractivity contribution in [3.05, 3.63) is 41.7 Å². The van der Waals surface area contributed by atoms with Crippen molar-refractivity contribution < 1.29 is 9.90 Å². The molecule has 2 unspecified atom stereocenters. The molecule has 1 aliphatic carbocycles. The highest BCUT2D eigenvalue weighted by Crippen LogP contribution is 2.44. The van der Waals surface area contributed by atoms with Gasteiger partial charge in [-0.3, -0.25) is 4.79 Å². The molecular weight excluding hydrogens is 318 g/mol. The van der Waals surface area contributed by atoms with Crippen LogP contribution >= 0.6 is 0 Å². The summed E-state index contributed by atoms with van der Waals surface area (Å²) >= 11 is 0. The number of amides is 1. The van der Waals surface area contributed by atoms with E-state index in [1.807, 2.05) is 24.3 Å². The van der Waals surface area contributed by atoms with E-state index in [0.717, 1.165) is 18.4 Å². The minimum absolute atomic E-state index is 0.00364. The molecule has 0 radical (unpaired) electrons. The van der Waals surface area contributed by atoms with Gasteiger partial charge in [-0.15, -0.1) is 5.10 Å². The van der Waals surface area contributed by atoms with Crippen LogP contribution in [-0.2, 0) is 6.54 Å². The van der Waals surface area contributed by atoms with E-state index in [2.05, 4.69) is 22.4 Å². The highest BCUT2D eigenvalue weighted by Gasteiger charge is 2.51. The van der Waals surface area contributed by atoms with Gasteiger partial charge < -0.3 is 10.0 Å². The number of likely N-dealkylation sites (tertiary alicyclic amines) is 1. The molecule has 2 aliphatic rings. The van der Waals surface area contributed by atoms with Gasteiger partial charge in [-0.1, -0.05) is 25.5 Å². The summed E-state index contributed by atoms with van der Waals surface area (Å²) in [6.07, 6.45) is 4.91. The van der Waals surface area contributed by atoms with E-state index in [1.165, 1.54) is 6.42 Å². The number of carbonyl (C=O) groups is 1. The first kappa shape index (κ1) is 16.2. The molecule has 1 N–H and O–H groups in total. The number of β-amino-alcohol motifs (C(OH)–C–C–N with tert-alkyl or cyclic N) is 1. The van der Waals surface area contributed by atoms with Crippen LogP contribution in [0.4, 0.5) is 0 Å². The van der Waals surface area contributed by atoms with Gasteiger partial charge in [0.1, 0.15) is 6.33 Å². The topological polar surface area (TPSA) is 84.1 Å². The van der Waals surface area contributed by atoms with E-state index < -0.39 is 5.60 Å². The van der Waals surface area contributed by atoms with Crippen LogP contribution in [0.3, 0.4) is 0 Å². The Morgan fingerprint density at radius 1 is 1.32 bits per heavy atom. The Morgan fingerprint density at radius 2 is 2.08 bits per heavy atom. The predicted molar refractivity (Wildman–Crippen MR) is 90.7 cm³/mol. The fourth-order valence-corrected chi connectivity index (χ4v) is 3.98. The average Bonchev–Trinajstić information content (AvgIpc) is 3.15. The van der Waals surface area contributed by atoms with E-state index in [-0.39, 0.29) is 11.8 Å². The van der Waals surface area contributed by atoms with Crippen LogP contribution < -0.4 is 0 Å². The van der Waals surface area contributed by atoms with Crippen molar-refractivity contribution in [1.82, 2.24) is 25.1 Å². The summed E-state index contributed by atoms with van der Waals surface area (Å²) in [4.78, 5) is 14.6. The third kappa shape index (κ3) is 2.93. The second-order valence-electron chi connectivity index (χ2n) is 7.41. The second kappa shape index (κ2) is 6.22. The molecule has 1 aromatic carbocycles. The maximum Gasteiger partial charge on any atom is 0.253 e. The molecule has 1 aliphatic heterocycles. The third-order valence-electron chi connectivity index (χ3n) is 5.83. The first-order chi connectivity index (χ1) is 12.1. The summed E-state index contributed by atoms with van der Waals surface area (Å²) in [7, 11) is 0. The van der Waals surface area contributed by atoms with Crippen LogP contribution in [0.1, 0.15) is 42.1 Å². The van der Waals surface area contributed by atoms with Gasteiger partial charge in [0.25, 0.3) is 5.91 Å². The molecule has 4 rings (SSSR count). The van der Waals surface area contributed by atoms with Crippen molar-refractivity contribution >= 4 is 5.91 Å². The van der Waals surface area contributed by atoms with Crippen LogP contribution in [0.2, 0.25) is 0 Å². The maximum absolute atomic E-state index is 12.8. The van der Waals surface area contributed by atoms with E-state index in [9.17, 15) is 9.90 Å². The van der Waals surface area contributed by atoms with Gasteiger partial charge in [0.15, 0.2) is 0 Å². The van der Waals surface area contributed by atoms with Gasteiger partial charge in [0.05, 0.1) is 18.7 Å². The molecule has 0 spiro atoms. The predicted octanol–water partition coefficient (Wildman–Crippen LogP) is 1.34. The first-order valence-electron chi connectivity index (χ1n) is 8.87. The SMILES string of the molecule is CC1CN(C(=O)c2ccc(Cn3cnnn3)cc2)CC1(O)C1CCC1. The smallest absolute Gasteiger partial charge is 0.253 e. The Bertz CT molecular complexity index is 741. The maximum atomic E-state index is 12.8. The second-order valence-corrected chi connectivity index (χ2v) is 7.41. The number of aliphatic hydroxyl groups is 1. The molecule has 2 aromatic rings. The minimum Gasteiger partial charge on any atom is -0.387 e. The molecular formula is C18H23N5O2. The van der Waals surface area contributed by atoms with Crippen LogP contribution in [0.15, 0.2) is 30.6 Å². The number of nitrogens with zero attached hydrogens (tertiary/aromatic N) is 5. The van der Waals surface area contributed by atoms with Crippen LogP contribution in [-0.4, -0.2) is 54.8 Å². The number of hydrogen-bond acceptors (Lipinski definition) is 5. The summed E-state index contributed by atoms with van der Waals surface area (Å²) in [5, 5.41) is 22.1. The molecule has 25 heavy (non-hydrogen) atoms. The van der Waals surface area contributed by atoms with Crippen molar-refractivity contribution in [2.45, 2.75) is 38.3 Å². The lowest BCUT2D eigenvalue weighted by Crippen LogP contribution is -2.48. The fourth-order valence-electron chi connectivity index (χ4n) is 3.98. The molecule has 1 amide bonds. The molecule has 0 bridgehead atoms. The molecule has 2 atom stereocenters. The monoisotopic (exact) mass is 341 g/mol. The largest absolute Gasteiger partial charge is 0.387 e. The summed E-state index contributed by atoms with van der Waals surface area (Å²) in [5.41, 5.74) is 0.976. The van der Waals surface area contributed by atoms with Crippen LogP contribution in [0.25, 0.3) is 0 Å². The quantitative estimate of drug-likeness (QED) is 0.907. The lowest BCUT2D eigenvalue weighted by atomic mass is 9.69. The van der Waals surface area contributed by atoms with Gasteiger partial charge >= 0.3 is 0 Å². The van der Waals surface area contributed by atoms with Crippen molar-refractivity contribution in [3.63, 3.8) is 0 Å².